The molecular weight excluding hydrogens is 474 g/mol. The van der Waals surface area contributed by atoms with Gasteiger partial charge in [-0.3, -0.25) is 9.79 Å². The van der Waals surface area contributed by atoms with E-state index in [2.05, 4.69) is 25.3 Å². The molecule has 0 unspecified atom stereocenters. The van der Waals surface area contributed by atoms with E-state index in [1.807, 2.05) is 40.7 Å². The highest BCUT2D eigenvalue weighted by Crippen LogP contribution is 2.35. The fraction of sp³-hybridized carbons (Fsp3) is 0.269. The van der Waals surface area contributed by atoms with Gasteiger partial charge < -0.3 is 20.7 Å². The topological polar surface area (TPSA) is 119 Å². The maximum Gasteiger partial charge on any atom is 0.260 e. The summed E-state index contributed by atoms with van der Waals surface area (Å²) in [5.74, 6) is 1.05. The number of aliphatic imine (C=N–C) groups is 1. The zero-order valence-corrected chi connectivity index (χ0v) is 20.8. The number of aromatic nitrogens is 3. The van der Waals surface area contributed by atoms with Crippen molar-refractivity contribution in [2.75, 3.05) is 32.1 Å². The zero-order valence-electron chi connectivity index (χ0n) is 20.0. The summed E-state index contributed by atoms with van der Waals surface area (Å²) in [6.45, 7) is 1.47. The molecule has 2 aromatic heterocycles. The monoisotopic (exact) mass is 501 g/mol. The SMILES string of the molecule is CN=C/C(=C\N)c1cc(OCC(=O)N2CCCCC2)c2c(Nc3ccc4ncsc4c3)ncnc2c1. The van der Waals surface area contributed by atoms with Crippen LogP contribution < -0.4 is 15.8 Å². The summed E-state index contributed by atoms with van der Waals surface area (Å²) in [6, 6.07) is 9.72. The van der Waals surface area contributed by atoms with Crippen molar-refractivity contribution in [3.05, 3.63) is 53.9 Å². The molecule has 36 heavy (non-hydrogen) atoms. The predicted octanol–water partition coefficient (Wildman–Crippen LogP) is 4.37. The van der Waals surface area contributed by atoms with Gasteiger partial charge in [0.25, 0.3) is 5.91 Å². The summed E-state index contributed by atoms with van der Waals surface area (Å²) >= 11 is 1.57. The van der Waals surface area contributed by atoms with E-state index >= 15 is 0 Å². The molecule has 3 N–H and O–H groups in total. The number of allylic oxidation sites excluding steroid dienone is 1. The molecule has 1 fully saturated rings. The van der Waals surface area contributed by atoms with Crippen LogP contribution in [-0.2, 0) is 4.79 Å². The third kappa shape index (κ3) is 4.99. The van der Waals surface area contributed by atoms with Crippen LogP contribution in [0.25, 0.3) is 26.7 Å². The lowest BCUT2D eigenvalue weighted by Gasteiger charge is -2.26. The number of amides is 1. The molecule has 2 aromatic carbocycles. The molecule has 4 aromatic rings. The number of rotatable bonds is 7. The van der Waals surface area contributed by atoms with E-state index in [9.17, 15) is 4.79 Å². The van der Waals surface area contributed by atoms with Gasteiger partial charge in [-0.1, -0.05) is 0 Å². The molecule has 0 aliphatic carbocycles. The number of nitrogens with two attached hydrogens (primary N) is 1. The van der Waals surface area contributed by atoms with E-state index in [4.69, 9.17) is 10.5 Å². The number of benzene rings is 2. The second-order valence-corrected chi connectivity index (χ2v) is 9.38. The molecule has 1 amide bonds. The van der Waals surface area contributed by atoms with Crippen LogP contribution in [0, 0.1) is 0 Å². The van der Waals surface area contributed by atoms with E-state index in [1.54, 1.807) is 24.6 Å². The number of likely N-dealkylation sites (tertiary alicyclic amines) is 1. The maximum absolute atomic E-state index is 12.9. The van der Waals surface area contributed by atoms with Gasteiger partial charge in [-0.15, -0.1) is 11.3 Å². The lowest BCUT2D eigenvalue weighted by Crippen LogP contribution is -2.38. The summed E-state index contributed by atoms with van der Waals surface area (Å²) < 4.78 is 7.22. The molecule has 9 nitrogen and oxygen atoms in total. The van der Waals surface area contributed by atoms with Crippen LogP contribution in [0.2, 0.25) is 0 Å². The van der Waals surface area contributed by atoms with Gasteiger partial charge in [0.05, 0.1) is 26.6 Å². The number of carbonyl (C=O) groups excluding carboxylic acids is 1. The minimum Gasteiger partial charge on any atom is -0.483 e. The van der Waals surface area contributed by atoms with Crippen molar-refractivity contribution in [2.45, 2.75) is 19.3 Å². The minimum absolute atomic E-state index is 0.0278. The largest absolute Gasteiger partial charge is 0.483 e. The zero-order chi connectivity index (χ0) is 24.9. The number of fused-ring (bicyclic) bond motifs is 2. The number of piperidine rings is 1. The number of nitrogens with zero attached hydrogens (tertiary/aromatic N) is 5. The third-order valence-electron chi connectivity index (χ3n) is 6.14. The number of hydrogen-bond donors (Lipinski definition) is 2. The van der Waals surface area contributed by atoms with Crippen molar-refractivity contribution < 1.29 is 9.53 Å². The first-order valence-corrected chi connectivity index (χ1v) is 12.7. The van der Waals surface area contributed by atoms with Crippen molar-refractivity contribution in [3.63, 3.8) is 0 Å². The van der Waals surface area contributed by atoms with E-state index in [-0.39, 0.29) is 12.5 Å². The first kappa shape index (κ1) is 23.7. The first-order chi connectivity index (χ1) is 17.7. The molecule has 1 aliphatic rings. The Morgan fingerprint density at radius 3 is 2.83 bits per heavy atom. The van der Waals surface area contributed by atoms with Crippen LogP contribution >= 0.6 is 11.3 Å². The average Bonchev–Trinajstić information content (AvgIpc) is 3.38. The van der Waals surface area contributed by atoms with Crippen molar-refractivity contribution in [3.8, 4) is 5.75 Å². The molecule has 0 atom stereocenters. The molecule has 1 saturated heterocycles. The van der Waals surface area contributed by atoms with Crippen LogP contribution in [-0.4, -0.2) is 58.7 Å². The van der Waals surface area contributed by atoms with E-state index in [0.717, 1.165) is 59.4 Å². The Balaban J connectivity index is 1.53. The maximum atomic E-state index is 12.9. The lowest BCUT2D eigenvalue weighted by molar-refractivity contribution is -0.134. The van der Waals surface area contributed by atoms with Gasteiger partial charge in [-0.2, -0.15) is 0 Å². The molecule has 0 saturated carbocycles. The predicted molar refractivity (Wildman–Crippen MR) is 145 cm³/mol. The van der Waals surface area contributed by atoms with E-state index < -0.39 is 0 Å². The Labute approximate surface area is 212 Å². The van der Waals surface area contributed by atoms with Crippen molar-refractivity contribution >= 4 is 61.7 Å². The lowest BCUT2D eigenvalue weighted by atomic mass is 10.0. The first-order valence-electron chi connectivity index (χ1n) is 11.8. The van der Waals surface area contributed by atoms with Crippen LogP contribution in [0.4, 0.5) is 11.5 Å². The third-order valence-corrected chi connectivity index (χ3v) is 6.93. The Hall–Kier alpha value is -4.05. The summed E-state index contributed by atoms with van der Waals surface area (Å²) in [7, 11) is 1.68. The summed E-state index contributed by atoms with van der Waals surface area (Å²) in [6.07, 6.45) is 7.87. The normalized spacial score (nSPS) is 14.6. The Morgan fingerprint density at radius 1 is 1.17 bits per heavy atom. The van der Waals surface area contributed by atoms with Crippen LogP contribution in [0.1, 0.15) is 24.8 Å². The van der Waals surface area contributed by atoms with Crippen LogP contribution in [0.15, 0.2) is 53.4 Å². The van der Waals surface area contributed by atoms with Crippen LogP contribution in [0.3, 0.4) is 0 Å². The van der Waals surface area contributed by atoms with E-state index in [1.165, 1.54) is 12.5 Å². The van der Waals surface area contributed by atoms with Gasteiger partial charge >= 0.3 is 0 Å². The average molecular weight is 502 g/mol. The minimum atomic E-state index is -0.0662. The van der Waals surface area contributed by atoms with Gasteiger partial charge in [0, 0.05) is 43.8 Å². The summed E-state index contributed by atoms with van der Waals surface area (Å²) in [4.78, 5) is 32.2. The second kappa shape index (κ2) is 10.7. The molecular formula is C26H27N7O2S. The standard InChI is InChI=1S/C26H27N7O2S/c1-28-13-18(12-27)17-9-21-25(22(10-17)35-14-24(34)33-7-3-2-4-8-33)26(30-15-29-21)32-19-5-6-20-23(11-19)36-16-31-20/h5-6,9-13,15-16H,2-4,7-8,14,27H2,1H3,(H,29,30,32)/b18-12+,28-13?. The number of hydrogen-bond acceptors (Lipinski definition) is 9. The molecule has 0 radical (unpaired) electrons. The van der Waals surface area contributed by atoms with Crippen molar-refractivity contribution in [2.24, 2.45) is 10.7 Å². The highest BCUT2D eigenvalue weighted by molar-refractivity contribution is 7.16. The molecule has 3 heterocycles. The van der Waals surface area contributed by atoms with Gasteiger partial charge in [-0.25, -0.2) is 15.0 Å². The smallest absolute Gasteiger partial charge is 0.260 e. The van der Waals surface area contributed by atoms with Crippen molar-refractivity contribution in [1.82, 2.24) is 19.9 Å². The fourth-order valence-corrected chi connectivity index (χ4v) is 5.04. The molecule has 10 heteroatoms. The van der Waals surface area contributed by atoms with Gasteiger partial charge in [0.15, 0.2) is 6.61 Å². The summed E-state index contributed by atoms with van der Waals surface area (Å²) in [5, 5.41) is 4.08. The van der Waals surface area contributed by atoms with E-state index in [0.29, 0.717) is 22.5 Å². The summed E-state index contributed by atoms with van der Waals surface area (Å²) in [5.41, 5.74) is 11.7. The number of nitrogens with one attached hydrogen (secondary N) is 1. The highest BCUT2D eigenvalue weighted by Gasteiger charge is 2.19. The highest BCUT2D eigenvalue weighted by atomic mass is 32.1. The Bertz CT molecular complexity index is 1460. The number of anilines is 2. The Kier molecular flexibility index (Phi) is 7.03. The molecule has 1 aliphatic heterocycles. The fourth-order valence-electron chi connectivity index (χ4n) is 4.33. The number of ether oxygens (including phenoxy) is 1. The van der Waals surface area contributed by atoms with Gasteiger partial charge in [0.1, 0.15) is 17.9 Å². The molecule has 0 bridgehead atoms. The number of thiazole rings is 1. The number of carbonyl (C=O) groups is 1. The van der Waals surface area contributed by atoms with Gasteiger partial charge in [-0.05, 0) is 55.2 Å². The molecule has 5 rings (SSSR count). The van der Waals surface area contributed by atoms with Gasteiger partial charge in [0.2, 0.25) is 0 Å². The van der Waals surface area contributed by atoms with Crippen molar-refractivity contribution in [1.29, 1.82) is 0 Å². The second-order valence-electron chi connectivity index (χ2n) is 8.49. The quantitative estimate of drug-likeness (QED) is 0.361. The molecule has 0 spiro atoms. The Morgan fingerprint density at radius 2 is 2.03 bits per heavy atom. The van der Waals surface area contributed by atoms with Crippen LogP contribution in [0.5, 0.6) is 5.75 Å². The molecule has 184 valence electrons.